The van der Waals surface area contributed by atoms with E-state index in [1.807, 2.05) is 9.80 Å². The van der Waals surface area contributed by atoms with Gasteiger partial charge in [-0.15, -0.1) is 0 Å². The van der Waals surface area contributed by atoms with Gasteiger partial charge < -0.3 is 19.7 Å². The van der Waals surface area contributed by atoms with Gasteiger partial charge in [0.15, 0.2) is 12.8 Å². The second kappa shape index (κ2) is 13.7. The third-order valence-corrected chi connectivity index (χ3v) is 5.08. The Bertz CT molecular complexity index is 669. The van der Waals surface area contributed by atoms with Crippen LogP contribution in [0.15, 0.2) is 0 Å². The molecule has 1 aliphatic rings. The number of methoxy groups -OCH3 is 2. The molecule has 0 bridgehead atoms. The van der Waals surface area contributed by atoms with Crippen molar-refractivity contribution < 1.29 is 43.4 Å². The van der Waals surface area contributed by atoms with Crippen LogP contribution in [0, 0.1) is 0 Å². The van der Waals surface area contributed by atoms with Crippen LogP contribution in [-0.2, 0) is 28.7 Å². The van der Waals surface area contributed by atoms with E-state index in [0.29, 0.717) is 39.3 Å². The zero-order chi connectivity index (χ0) is 23.4. The number of aliphatic carboxylic acids is 2. The lowest BCUT2D eigenvalue weighted by atomic mass is 10.2. The number of hydrogen-bond acceptors (Lipinski definition) is 9. The van der Waals surface area contributed by atoms with Gasteiger partial charge in [-0.3, -0.25) is 29.1 Å². The molecular weight excluding hydrogens is 412 g/mol. The van der Waals surface area contributed by atoms with Crippen molar-refractivity contribution in [2.75, 3.05) is 79.7 Å². The Kier molecular flexibility index (Phi) is 11.7. The van der Waals surface area contributed by atoms with Gasteiger partial charge in [0.05, 0.1) is 40.4 Å². The highest BCUT2D eigenvalue weighted by Gasteiger charge is 2.26. The summed E-state index contributed by atoms with van der Waals surface area (Å²) in [4.78, 5) is 51.7. The minimum atomic E-state index is -1.01. The Morgan fingerprint density at radius 3 is 2.16 bits per heavy atom. The first-order valence-electron chi connectivity index (χ1n) is 10.0. The van der Waals surface area contributed by atoms with E-state index < -0.39 is 29.9 Å². The lowest BCUT2D eigenvalue weighted by Crippen LogP contribution is -2.49. The smallest absolute Gasteiger partial charge is 0.369 e. The summed E-state index contributed by atoms with van der Waals surface area (Å²) >= 11 is 0. The molecule has 0 aromatic carbocycles. The van der Waals surface area contributed by atoms with Crippen LogP contribution in [0.4, 0.5) is 0 Å². The van der Waals surface area contributed by atoms with E-state index in [4.69, 9.17) is 9.47 Å². The van der Waals surface area contributed by atoms with Crippen LogP contribution in [0.3, 0.4) is 0 Å². The number of carboxylic acid groups (broad SMARTS) is 2. The average molecular weight is 445 g/mol. The van der Waals surface area contributed by atoms with Gasteiger partial charge in [0.2, 0.25) is 6.54 Å². The van der Waals surface area contributed by atoms with Gasteiger partial charge in [-0.1, -0.05) is 0 Å². The molecule has 0 amide bonds. The monoisotopic (exact) mass is 445 g/mol. The third-order valence-electron chi connectivity index (χ3n) is 5.08. The number of hydrogen-bond donors (Lipinski definition) is 2. The van der Waals surface area contributed by atoms with Gasteiger partial charge in [-0.2, -0.15) is 0 Å². The van der Waals surface area contributed by atoms with Crippen LogP contribution in [-0.4, -0.2) is 145 Å². The predicted molar refractivity (Wildman–Crippen MR) is 109 cm³/mol. The van der Waals surface area contributed by atoms with Crippen LogP contribution in [0.1, 0.15) is 6.92 Å². The Balaban J connectivity index is 3.12. The van der Waals surface area contributed by atoms with Crippen molar-refractivity contribution >= 4 is 30.1 Å². The first kappa shape index (κ1) is 26.5. The van der Waals surface area contributed by atoms with E-state index >= 15 is 0 Å². The summed E-state index contributed by atoms with van der Waals surface area (Å²) in [5.41, 5.74) is 0. The first-order chi connectivity index (χ1) is 14.7. The Labute approximate surface area is 181 Å². The van der Waals surface area contributed by atoms with Crippen molar-refractivity contribution in [3.05, 3.63) is 0 Å². The fraction of sp³-hybridized carbons (Fsp3) is 0.737. The Hall–Kier alpha value is -2.57. The highest BCUT2D eigenvalue weighted by Crippen LogP contribution is 2.04. The fourth-order valence-electron chi connectivity index (χ4n) is 3.21. The average Bonchev–Trinajstić information content (AvgIpc) is 2.71. The summed E-state index contributed by atoms with van der Waals surface area (Å²) in [5.74, 6) is -2.83. The first-order valence-corrected chi connectivity index (χ1v) is 10.0. The van der Waals surface area contributed by atoms with Gasteiger partial charge in [0, 0.05) is 26.2 Å². The molecule has 176 valence electrons. The number of carboxylic acids is 2. The van der Waals surface area contributed by atoms with Crippen LogP contribution >= 0.6 is 0 Å². The standard InChI is InChI=1S/C19H32N4O8/c1-15(19(29)31-3)23-10-8-21(13-17(26)27)5-4-20(12-16(24)25)6-7-22(9-11-23)14-18(28)30-2/h5,15H,4,6-14H2,1-3H3,(H-,24,25,26,27)/p+1. The molecule has 0 aromatic heterocycles. The number of carbonyl (C=O) groups excluding carboxylic acids is 2. The predicted octanol–water partition coefficient (Wildman–Crippen LogP) is -2.11. The summed E-state index contributed by atoms with van der Waals surface area (Å²) in [6.45, 7) is 3.84. The Morgan fingerprint density at radius 2 is 1.58 bits per heavy atom. The number of carbonyl (C=O) groups is 4. The fourth-order valence-corrected chi connectivity index (χ4v) is 3.21. The maximum Gasteiger partial charge on any atom is 0.369 e. The van der Waals surface area contributed by atoms with Gasteiger partial charge >= 0.3 is 23.9 Å². The largest absolute Gasteiger partial charge is 0.480 e. The van der Waals surface area contributed by atoms with E-state index in [2.05, 4.69) is 0 Å². The molecule has 1 rings (SSSR count). The molecule has 0 aromatic rings. The SMILES string of the molecule is COC(=O)CN1CCN(CC(=O)O)CC=[N+](CC(=O)O)CCN(C(C)C(=O)OC)CC1. The number of ether oxygens (including phenoxy) is 2. The topological polar surface area (TPSA) is 140 Å². The molecule has 1 unspecified atom stereocenters. The van der Waals surface area contributed by atoms with Crippen molar-refractivity contribution in [3.63, 3.8) is 0 Å². The van der Waals surface area contributed by atoms with Crippen LogP contribution in [0.2, 0.25) is 0 Å². The second-order valence-corrected chi connectivity index (χ2v) is 7.26. The van der Waals surface area contributed by atoms with E-state index in [0.717, 1.165) is 0 Å². The Morgan fingerprint density at radius 1 is 0.935 bits per heavy atom. The minimum Gasteiger partial charge on any atom is -0.480 e. The molecule has 1 heterocycles. The van der Waals surface area contributed by atoms with E-state index in [1.54, 1.807) is 22.6 Å². The molecule has 12 heteroatoms. The molecule has 0 saturated carbocycles. The van der Waals surface area contributed by atoms with Crippen molar-refractivity contribution in [3.8, 4) is 0 Å². The van der Waals surface area contributed by atoms with Gasteiger partial charge in [-0.05, 0) is 6.92 Å². The molecule has 31 heavy (non-hydrogen) atoms. The van der Waals surface area contributed by atoms with Gasteiger partial charge in [-0.25, -0.2) is 9.37 Å². The molecular formula is C19H33N4O8+. The minimum absolute atomic E-state index is 0.0344. The van der Waals surface area contributed by atoms with E-state index in [-0.39, 0.29) is 26.2 Å². The maximum absolute atomic E-state index is 12.1. The quantitative estimate of drug-likeness (QED) is 0.313. The van der Waals surface area contributed by atoms with Crippen LogP contribution in [0.25, 0.3) is 0 Å². The summed E-state index contributed by atoms with van der Waals surface area (Å²) in [6.07, 6.45) is 1.66. The number of nitrogens with zero attached hydrogens (tertiary/aromatic N) is 4. The zero-order valence-corrected chi connectivity index (χ0v) is 18.4. The molecule has 1 aliphatic heterocycles. The van der Waals surface area contributed by atoms with Gasteiger partial charge in [0.1, 0.15) is 6.04 Å². The van der Waals surface area contributed by atoms with Crippen molar-refractivity contribution in [2.24, 2.45) is 0 Å². The lowest BCUT2D eigenvalue weighted by Gasteiger charge is -2.31. The normalized spacial score (nSPS) is 18.7. The third kappa shape index (κ3) is 10.3. The van der Waals surface area contributed by atoms with Crippen LogP contribution < -0.4 is 0 Å². The molecule has 0 saturated heterocycles. The number of rotatable bonds is 8. The molecule has 0 aliphatic carbocycles. The zero-order valence-electron chi connectivity index (χ0n) is 18.4. The molecule has 0 fully saturated rings. The molecule has 12 nitrogen and oxygen atoms in total. The summed E-state index contributed by atoms with van der Waals surface area (Å²) in [5, 5.41) is 18.4. The maximum atomic E-state index is 12.1. The van der Waals surface area contributed by atoms with Crippen molar-refractivity contribution in [2.45, 2.75) is 13.0 Å². The second-order valence-electron chi connectivity index (χ2n) is 7.26. The van der Waals surface area contributed by atoms with Crippen LogP contribution in [0.5, 0.6) is 0 Å². The van der Waals surface area contributed by atoms with Gasteiger partial charge in [0.25, 0.3) is 0 Å². The van der Waals surface area contributed by atoms with Crippen molar-refractivity contribution in [1.29, 1.82) is 0 Å². The van der Waals surface area contributed by atoms with Crippen molar-refractivity contribution in [1.82, 2.24) is 14.7 Å². The molecule has 0 spiro atoms. The summed E-state index contributed by atoms with van der Waals surface area (Å²) in [7, 11) is 2.60. The van der Waals surface area contributed by atoms with E-state index in [1.165, 1.54) is 14.2 Å². The van der Waals surface area contributed by atoms with E-state index in [9.17, 15) is 29.4 Å². The molecule has 1 atom stereocenters. The number of esters is 2. The highest BCUT2D eigenvalue weighted by atomic mass is 16.5. The summed E-state index contributed by atoms with van der Waals surface area (Å²) in [6, 6.07) is -0.553. The molecule has 0 radical (unpaired) electrons. The summed E-state index contributed by atoms with van der Waals surface area (Å²) < 4.78 is 11.2. The molecule has 2 N–H and O–H groups in total. The highest BCUT2D eigenvalue weighted by molar-refractivity contribution is 5.75. The lowest BCUT2D eigenvalue weighted by molar-refractivity contribution is -0.515.